The van der Waals surface area contributed by atoms with E-state index in [2.05, 4.69) is 47.8 Å². The number of H-pyrrole nitrogens is 1. The van der Waals surface area contributed by atoms with Crippen molar-refractivity contribution < 1.29 is 9.90 Å². The van der Waals surface area contributed by atoms with Gasteiger partial charge in [0.2, 0.25) is 5.91 Å². The van der Waals surface area contributed by atoms with Gasteiger partial charge in [0, 0.05) is 48.8 Å². The molecule has 0 atom stereocenters. The summed E-state index contributed by atoms with van der Waals surface area (Å²) >= 11 is 0. The third-order valence-electron chi connectivity index (χ3n) is 5.03. The smallest absolute Gasteiger partial charge is 0.222 e. The van der Waals surface area contributed by atoms with E-state index in [-0.39, 0.29) is 12.5 Å². The van der Waals surface area contributed by atoms with Crippen LogP contribution >= 0.6 is 0 Å². The number of hydrogen-bond acceptors (Lipinski definition) is 3. The molecule has 1 aliphatic heterocycles. The quantitative estimate of drug-likeness (QED) is 0.781. The average molecular weight is 380 g/mol. The Kier molecular flexibility index (Phi) is 6.53. The maximum Gasteiger partial charge on any atom is 0.222 e. The molecule has 0 fully saturated rings. The van der Waals surface area contributed by atoms with Crippen LogP contribution in [0.15, 0.2) is 18.3 Å². The third-order valence-corrected chi connectivity index (χ3v) is 5.03. The SMILES string of the molecule is CCC(=O)N1CC=C(c2[nH]c3ncc(C#CCCO)cc3c2CC(C)C)CC1. The zero-order chi connectivity index (χ0) is 20.1. The number of amides is 1. The first-order valence-electron chi connectivity index (χ1n) is 10.1. The van der Waals surface area contributed by atoms with Gasteiger partial charge in [0.1, 0.15) is 5.65 Å². The summed E-state index contributed by atoms with van der Waals surface area (Å²) < 4.78 is 0. The van der Waals surface area contributed by atoms with Crippen LogP contribution in [-0.2, 0) is 11.2 Å². The Balaban J connectivity index is 1.99. The minimum atomic E-state index is 0.0707. The van der Waals surface area contributed by atoms with Gasteiger partial charge in [0.25, 0.3) is 0 Å². The number of nitrogens with zero attached hydrogens (tertiary/aromatic N) is 2. The van der Waals surface area contributed by atoms with Gasteiger partial charge in [-0.2, -0.15) is 0 Å². The van der Waals surface area contributed by atoms with Crippen molar-refractivity contribution in [2.45, 2.75) is 46.5 Å². The molecule has 0 aliphatic carbocycles. The molecule has 148 valence electrons. The first-order chi connectivity index (χ1) is 13.5. The van der Waals surface area contributed by atoms with Crippen molar-refractivity contribution in [3.05, 3.63) is 35.2 Å². The number of rotatable bonds is 5. The zero-order valence-electron chi connectivity index (χ0n) is 17.0. The molecule has 2 aromatic heterocycles. The third kappa shape index (κ3) is 4.45. The van der Waals surface area contributed by atoms with Gasteiger partial charge in [-0.1, -0.05) is 38.7 Å². The van der Waals surface area contributed by atoms with E-state index < -0.39 is 0 Å². The van der Waals surface area contributed by atoms with E-state index in [0.717, 1.165) is 41.7 Å². The average Bonchev–Trinajstić information content (AvgIpc) is 3.05. The van der Waals surface area contributed by atoms with Gasteiger partial charge in [-0.05, 0) is 36.0 Å². The van der Waals surface area contributed by atoms with E-state index in [1.54, 1.807) is 6.20 Å². The van der Waals surface area contributed by atoms with Crippen molar-refractivity contribution in [2.24, 2.45) is 5.92 Å². The number of hydrogen-bond donors (Lipinski definition) is 2. The Morgan fingerprint density at radius 3 is 2.89 bits per heavy atom. The Morgan fingerprint density at radius 1 is 1.43 bits per heavy atom. The lowest BCUT2D eigenvalue weighted by molar-refractivity contribution is -0.130. The summed E-state index contributed by atoms with van der Waals surface area (Å²) in [6, 6.07) is 2.10. The highest BCUT2D eigenvalue weighted by atomic mass is 16.2. The number of carbonyl (C=O) groups is 1. The molecule has 28 heavy (non-hydrogen) atoms. The summed E-state index contributed by atoms with van der Waals surface area (Å²) in [4.78, 5) is 22.0. The van der Waals surface area contributed by atoms with Crippen LogP contribution in [0.2, 0.25) is 0 Å². The fraction of sp³-hybridized carbons (Fsp3) is 0.478. The second-order valence-corrected chi connectivity index (χ2v) is 7.64. The number of aromatic amines is 1. The molecule has 3 heterocycles. The van der Waals surface area contributed by atoms with Crippen LogP contribution in [-0.4, -0.2) is 45.6 Å². The van der Waals surface area contributed by atoms with Crippen molar-refractivity contribution in [3.63, 3.8) is 0 Å². The van der Waals surface area contributed by atoms with Gasteiger partial charge in [-0.3, -0.25) is 4.79 Å². The topological polar surface area (TPSA) is 69.2 Å². The van der Waals surface area contributed by atoms with Crippen molar-refractivity contribution in [1.29, 1.82) is 0 Å². The van der Waals surface area contributed by atoms with Crippen LogP contribution in [0.5, 0.6) is 0 Å². The highest BCUT2D eigenvalue weighted by molar-refractivity contribution is 5.88. The van der Waals surface area contributed by atoms with Gasteiger partial charge in [-0.15, -0.1) is 0 Å². The Labute approximate surface area is 166 Å². The van der Waals surface area contributed by atoms with Crippen LogP contribution in [0.25, 0.3) is 16.6 Å². The number of aliphatic hydroxyl groups excluding tert-OH is 1. The van der Waals surface area contributed by atoms with Crippen molar-refractivity contribution in [1.82, 2.24) is 14.9 Å². The summed E-state index contributed by atoms with van der Waals surface area (Å²) in [5, 5.41) is 10.0. The lowest BCUT2D eigenvalue weighted by Crippen LogP contribution is -2.34. The Morgan fingerprint density at radius 2 is 2.25 bits per heavy atom. The van der Waals surface area contributed by atoms with Crippen LogP contribution in [0, 0.1) is 17.8 Å². The first-order valence-corrected chi connectivity index (χ1v) is 10.1. The van der Waals surface area contributed by atoms with Crippen molar-refractivity contribution >= 4 is 22.5 Å². The van der Waals surface area contributed by atoms with E-state index in [1.165, 1.54) is 11.1 Å². The molecule has 0 saturated heterocycles. The van der Waals surface area contributed by atoms with Crippen molar-refractivity contribution in [3.8, 4) is 11.8 Å². The zero-order valence-corrected chi connectivity index (χ0v) is 17.0. The largest absolute Gasteiger partial charge is 0.395 e. The molecular formula is C23H29N3O2. The fourth-order valence-corrected chi connectivity index (χ4v) is 3.65. The molecule has 5 nitrogen and oxygen atoms in total. The highest BCUT2D eigenvalue weighted by Crippen LogP contribution is 2.32. The van der Waals surface area contributed by atoms with E-state index in [0.29, 0.717) is 25.3 Å². The van der Waals surface area contributed by atoms with Crippen molar-refractivity contribution in [2.75, 3.05) is 19.7 Å². The van der Waals surface area contributed by atoms with Gasteiger partial charge < -0.3 is 15.0 Å². The van der Waals surface area contributed by atoms with E-state index in [9.17, 15) is 4.79 Å². The second kappa shape index (κ2) is 9.07. The Bertz CT molecular complexity index is 944. The minimum absolute atomic E-state index is 0.0707. The summed E-state index contributed by atoms with van der Waals surface area (Å²) in [6.07, 6.45) is 6.79. The van der Waals surface area contributed by atoms with Crippen LogP contribution in [0.4, 0.5) is 0 Å². The standard InChI is InChI=1S/C23H29N3O2/c1-4-21(28)26-10-8-18(9-11-26)22-19(13-16(2)3)20-14-17(7-5-6-12-27)15-24-23(20)25-22/h8,14-16,27H,4,6,9-13H2,1-3H3,(H,24,25). The number of aromatic nitrogens is 2. The predicted molar refractivity (Wildman–Crippen MR) is 113 cm³/mol. The van der Waals surface area contributed by atoms with E-state index in [4.69, 9.17) is 5.11 Å². The van der Waals surface area contributed by atoms with Gasteiger partial charge in [-0.25, -0.2) is 4.98 Å². The molecule has 3 rings (SSSR count). The molecule has 0 bridgehead atoms. The monoisotopic (exact) mass is 379 g/mol. The van der Waals surface area contributed by atoms with Crippen LogP contribution in [0.1, 0.15) is 56.9 Å². The van der Waals surface area contributed by atoms with Gasteiger partial charge in [0.05, 0.1) is 6.61 Å². The first kappa shape index (κ1) is 20.2. The number of nitrogens with one attached hydrogen (secondary N) is 1. The number of aliphatic hydroxyl groups is 1. The molecular weight excluding hydrogens is 350 g/mol. The molecule has 1 amide bonds. The second-order valence-electron chi connectivity index (χ2n) is 7.64. The number of carbonyl (C=O) groups excluding carboxylic acids is 1. The molecule has 1 aliphatic rings. The number of pyridine rings is 1. The lowest BCUT2D eigenvalue weighted by atomic mass is 9.94. The summed E-state index contributed by atoms with van der Waals surface area (Å²) in [6.45, 7) is 7.85. The molecule has 5 heteroatoms. The minimum Gasteiger partial charge on any atom is -0.395 e. The number of fused-ring (bicyclic) bond motifs is 1. The Hall–Kier alpha value is -2.58. The normalized spacial score (nSPS) is 14.2. The molecule has 0 saturated carbocycles. The van der Waals surface area contributed by atoms with Crippen LogP contribution < -0.4 is 0 Å². The van der Waals surface area contributed by atoms with Gasteiger partial charge >= 0.3 is 0 Å². The fourth-order valence-electron chi connectivity index (χ4n) is 3.65. The molecule has 0 radical (unpaired) electrons. The maximum absolute atomic E-state index is 12.0. The maximum atomic E-state index is 12.0. The molecule has 0 aromatic carbocycles. The van der Waals surface area contributed by atoms with E-state index in [1.807, 2.05) is 11.8 Å². The molecule has 0 unspecified atom stereocenters. The highest BCUT2D eigenvalue weighted by Gasteiger charge is 2.21. The molecule has 0 spiro atoms. The predicted octanol–water partition coefficient (Wildman–Crippen LogP) is 3.52. The van der Waals surface area contributed by atoms with E-state index >= 15 is 0 Å². The summed E-state index contributed by atoms with van der Waals surface area (Å²) in [7, 11) is 0. The van der Waals surface area contributed by atoms with Gasteiger partial charge in [0.15, 0.2) is 0 Å². The lowest BCUT2D eigenvalue weighted by Gasteiger charge is -2.26. The summed E-state index contributed by atoms with van der Waals surface area (Å²) in [5.41, 5.74) is 5.45. The van der Waals surface area contributed by atoms with Crippen LogP contribution in [0.3, 0.4) is 0 Å². The molecule has 2 aromatic rings. The summed E-state index contributed by atoms with van der Waals surface area (Å²) in [5.74, 6) is 6.78. The molecule has 2 N–H and O–H groups in total.